The summed E-state index contributed by atoms with van der Waals surface area (Å²) in [5.41, 5.74) is 2.97. The molecule has 5 heteroatoms. The van der Waals surface area contributed by atoms with Gasteiger partial charge in [-0.25, -0.2) is 0 Å². The number of aromatic nitrogens is 1. The summed E-state index contributed by atoms with van der Waals surface area (Å²) in [6, 6.07) is 12.4. The zero-order valence-corrected chi connectivity index (χ0v) is 17.8. The highest BCUT2D eigenvalue weighted by atomic mass is 16.2. The Labute approximate surface area is 178 Å². The van der Waals surface area contributed by atoms with E-state index >= 15 is 0 Å². The molecule has 5 nitrogen and oxygen atoms in total. The molecule has 0 spiro atoms. The van der Waals surface area contributed by atoms with Gasteiger partial charge in [0.1, 0.15) is 0 Å². The van der Waals surface area contributed by atoms with Gasteiger partial charge < -0.3 is 10.2 Å². The van der Waals surface area contributed by atoms with E-state index in [0.29, 0.717) is 38.9 Å². The van der Waals surface area contributed by atoms with Gasteiger partial charge in [0.15, 0.2) is 0 Å². The summed E-state index contributed by atoms with van der Waals surface area (Å²) in [5.74, 6) is 0.654. The van der Waals surface area contributed by atoms with E-state index in [0.717, 1.165) is 30.4 Å². The van der Waals surface area contributed by atoms with Crippen molar-refractivity contribution in [2.45, 2.75) is 45.4 Å². The summed E-state index contributed by atoms with van der Waals surface area (Å²) in [6.45, 7) is 4.11. The van der Waals surface area contributed by atoms with Crippen LogP contribution in [0.1, 0.15) is 44.6 Å². The lowest BCUT2D eigenvalue weighted by Crippen LogP contribution is -2.51. The minimum absolute atomic E-state index is 0.132. The maximum absolute atomic E-state index is 13.3. The molecule has 2 heterocycles. The van der Waals surface area contributed by atoms with Gasteiger partial charge in [-0.1, -0.05) is 31.2 Å². The van der Waals surface area contributed by atoms with E-state index in [4.69, 9.17) is 0 Å². The Morgan fingerprint density at radius 2 is 1.80 bits per heavy atom. The number of carbonyl (C=O) groups excluding carboxylic acids is 2. The number of hydrogen-bond donors (Lipinski definition) is 1. The van der Waals surface area contributed by atoms with Crippen LogP contribution in [0, 0.1) is 11.3 Å². The first-order valence-corrected chi connectivity index (χ1v) is 11.2. The van der Waals surface area contributed by atoms with Crippen LogP contribution < -0.4 is 5.32 Å². The Morgan fingerprint density at radius 1 is 1.10 bits per heavy atom. The molecule has 2 amide bonds. The fourth-order valence-electron chi connectivity index (χ4n) is 4.51. The highest BCUT2D eigenvalue weighted by molar-refractivity contribution is 5.85. The molecule has 0 unspecified atom stereocenters. The maximum Gasteiger partial charge on any atom is 0.226 e. The van der Waals surface area contributed by atoms with E-state index in [-0.39, 0.29) is 17.7 Å². The van der Waals surface area contributed by atoms with Crippen LogP contribution in [0.15, 0.2) is 48.8 Å². The standard InChI is InChI=1S/C25H31N3O2/c1-2-13-27-24(30)25(11-16-28(17-12-25)23(29)20-7-8-20)18-21-5-3-4-6-22(21)19-9-14-26-15-10-19/h3-6,9-10,14-15,20H,2,7-8,11-13,16-18H2,1H3,(H,27,30). The molecule has 2 aliphatic rings. The lowest BCUT2D eigenvalue weighted by molar-refractivity contribution is -0.141. The summed E-state index contributed by atoms with van der Waals surface area (Å²) >= 11 is 0. The van der Waals surface area contributed by atoms with Gasteiger partial charge in [-0.05, 0) is 67.3 Å². The molecular weight excluding hydrogens is 374 g/mol. The molecule has 1 N–H and O–H groups in total. The van der Waals surface area contributed by atoms with Gasteiger partial charge in [-0.2, -0.15) is 0 Å². The largest absolute Gasteiger partial charge is 0.356 e. The summed E-state index contributed by atoms with van der Waals surface area (Å²) in [6.07, 6.45) is 8.69. The lowest BCUT2D eigenvalue weighted by atomic mass is 9.72. The van der Waals surface area contributed by atoms with Crippen LogP contribution in [0.2, 0.25) is 0 Å². The van der Waals surface area contributed by atoms with E-state index in [1.54, 1.807) is 12.4 Å². The number of pyridine rings is 1. The number of nitrogens with one attached hydrogen (secondary N) is 1. The Morgan fingerprint density at radius 3 is 2.47 bits per heavy atom. The number of carbonyl (C=O) groups is 2. The third-order valence-electron chi connectivity index (χ3n) is 6.51. The number of likely N-dealkylation sites (tertiary alicyclic amines) is 1. The second-order valence-corrected chi connectivity index (χ2v) is 8.71. The Bertz CT molecular complexity index is 884. The smallest absolute Gasteiger partial charge is 0.226 e. The number of hydrogen-bond acceptors (Lipinski definition) is 3. The number of piperidine rings is 1. The first kappa shape index (κ1) is 20.6. The second-order valence-electron chi connectivity index (χ2n) is 8.71. The normalized spacial score (nSPS) is 18.1. The lowest BCUT2D eigenvalue weighted by Gasteiger charge is -2.41. The Balaban J connectivity index is 1.59. The van der Waals surface area contributed by atoms with Gasteiger partial charge >= 0.3 is 0 Å². The van der Waals surface area contributed by atoms with E-state index < -0.39 is 5.41 Å². The molecule has 0 radical (unpaired) electrons. The quantitative estimate of drug-likeness (QED) is 0.761. The number of rotatable bonds is 7. The van der Waals surface area contributed by atoms with Crippen molar-refractivity contribution < 1.29 is 9.59 Å². The third-order valence-corrected chi connectivity index (χ3v) is 6.51. The van der Waals surface area contributed by atoms with Gasteiger partial charge in [0.2, 0.25) is 11.8 Å². The zero-order chi connectivity index (χ0) is 21.0. The van der Waals surface area contributed by atoms with Gasteiger partial charge in [-0.15, -0.1) is 0 Å². The van der Waals surface area contributed by atoms with Crippen molar-refractivity contribution in [3.8, 4) is 11.1 Å². The van der Waals surface area contributed by atoms with E-state index in [9.17, 15) is 9.59 Å². The highest BCUT2D eigenvalue weighted by Crippen LogP contribution is 2.40. The molecule has 158 valence electrons. The van der Waals surface area contributed by atoms with Crippen molar-refractivity contribution in [1.82, 2.24) is 15.2 Å². The minimum atomic E-state index is -0.474. The molecule has 1 aromatic carbocycles. The summed E-state index contributed by atoms with van der Waals surface area (Å²) in [4.78, 5) is 32.0. The first-order valence-electron chi connectivity index (χ1n) is 11.2. The molecule has 1 saturated heterocycles. The third kappa shape index (κ3) is 4.40. The van der Waals surface area contributed by atoms with Gasteiger partial charge in [0, 0.05) is 37.9 Å². The van der Waals surface area contributed by atoms with E-state index in [1.165, 1.54) is 5.56 Å². The highest BCUT2D eigenvalue weighted by Gasteiger charge is 2.44. The van der Waals surface area contributed by atoms with E-state index in [1.807, 2.05) is 29.2 Å². The monoisotopic (exact) mass is 405 g/mol. The van der Waals surface area contributed by atoms with Crippen molar-refractivity contribution >= 4 is 11.8 Å². The second kappa shape index (κ2) is 8.99. The minimum Gasteiger partial charge on any atom is -0.356 e. The first-order chi connectivity index (χ1) is 14.6. The van der Waals surface area contributed by atoms with Crippen LogP contribution in [-0.2, 0) is 16.0 Å². The van der Waals surface area contributed by atoms with Crippen LogP contribution in [0.25, 0.3) is 11.1 Å². The van der Waals surface area contributed by atoms with Gasteiger partial charge in [0.05, 0.1) is 5.41 Å². The predicted octanol–water partition coefficient (Wildman–Crippen LogP) is 3.84. The van der Waals surface area contributed by atoms with Crippen LogP contribution in [-0.4, -0.2) is 41.3 Å². The summed E-state index contributed by atoms with van der Waals surface area (Å²) in [5, 5.41) is 3.15. The van der Waals surface area contributed by atoms with Crippen molar-refractivity contribution in [3.05, 3.63) is 54.4 Å². The molecule has 30 heavy (non-hydrogen) atoms. The maximum atomic E-state index is 13.3. The Kier molecular flexibility index (Phi) is 6.16. The topological polar surface area (TPSA) is 62.3 Å². The zero-order valence-electron chi connectivity index (χ0n) is 17.8. The predicted molar refractivity (Wildman–Crippen MR) is 118 cm³/mol. The van der Waals surface area contributed by atoms with Crippen molar-refractivity contribution in [3.63, 3.8) is 0 Å². The molecule has 1 aliphatic heterocycles. The summed E-state index contributed by atoms with van der Waals surface area (Å²) in [7, 11) is 0. The molecule has 0 bridgehead atoms. The molecule has 2 aromatic rings. The number of amides is 2. The van der Waals surface area contributed by atoms with Crippen LogP contribution in [0.5, 0.6) is 0 Å². The molecule has 4 rings (SSSR count). The van der Waals surface area contributed by atoms with Crippen molar-refractivity contribution in [2.24, 2.45) is 11.3 Å². The van der Waals surface area contributed by atoms with Gasteiger partial charge in [0.25, 0.3) is 0 Å². The molecule has 1 aromatic heterocycles. The van der Waals surface area contributed by atoms with Crippen LogP contribution >= 0.6 is 0 Å². The van der Waals surface area contributed by atoms with Crippen molar-refractivity contribution in [2.75, 3.05) is 19.6 Å². The Hall–Kier alpha value is -2.69. The fourth-order valence-corrected chi connectivity index (χ4v) is 4.51. The molecule has 1 aliphatic carbocycles. The van der Waals surface area contributed by atoms with Crippen LogP contribution in [0.4, 0.5) is 0 Å². The molecule has 2 fully saturated rings. The molecule has 1 saturated carbocycles. The SMILES string of the molecule is CCCNC(=O)C1(Cc2ccccc2-c2ccncc2)CCN(C(=O)C2CC2)CC1. The summed E-state index contributed by atoms with van der Waals surface area (Å²) < 4.78 is 0. The van der Waals surface area contributed by atoms with Crippen LogP contribution in [0.3, 0.4) is 0 Å². The fraction of sp³-hybridized carbons (Fsp3) is 0.480. The average molecular weight is 406 g/mol. The molecular formula is C25H31N3O2. The molecule has 0 atom stereocenters. The number of benzene rings is 1. The van der Waals surface area contributed by atoms with E-state index in [2.05, 4.69) is 29.4 Å². The van der Waals surface area contributed by atoms with Gasteiger partial charge in [-0.3, -0.25) is 14.6 Å². The van der Waals surface area contributed by atoms with Crippen molar-refractivity contribution in [1.29, 1.82) is 0 Å². The average Bonchev–Trinajstić information content (AvgIpc) is 3.64. The number of nitrogens with zero attached hydrogens (tertiary/aromatic N) is 2.